The van der Waals surface area contributed by atoms with Gasteiger partial charge in [0.1, 0.15) is 5.82 Å². The van der Waals surface area contributed by atoms with Crippen LogP contribution in [0.1, 0.15) is 11.1 Å². The molecule has 5 nitrogen and oxygen atoms in total. The van der Waals surface area contributed by atoms with E-state index in [2.05, 4.69) is 15.0 Å². The van der Waals surface area contributed by atoms with Gasteiger partial charge in [-0.05, 0) is 36.4 Å². The first-order valence-electron chi connectivity index (χ1n) is 6.34. The van der Waals surface area contributed by atoms with E-state index in [1.165, 1.54) is 12.1 Å². The van der Waals surface area contributed by atoms with Crippen molar-refractivity contribution in [3.05, 3.63) is 59.7 Å². The summed E-state index contributed by atoms with van der Waals surface area (Å²) in [5.74, 6) is -0.586. The van der Waals surface area contributed by atoms with Gasteiger partial charge in [-0.1, -0.05) is 12.1 Å². The van der Waals surface area contributed by atoms with Crippen LogP contribution in [-0.4, -0.2) is 20.4 Å². The molecule has 0 aliphatic rings. The first-order chi connectivity index (χ1) is 10.0. The third-order valence-corrected chi connectivity index (χ3v) is 4.36. The quantitative estimate of drug-likeness (QED) is 0.846. The van der Waals surface area contributed by atoms with E-state index in [0.717, 1.165) is 11.6 Å². The number of benzene rings is 1. The van der Waals surface area contributed by atoms with E-state index >= 15 is 0 Å². The van der Waals surface area contributed by atoms with Crippen LogP contribution >= 0.6 is 0 Å². The minimum absolute atomic E-state index is 0.0549. The molecule has 0 aliphatic carbocycles. The van der Waals surface area contributed by atoms with E-state index in [-0.39, 0.29) is 11.4 Å². The number of sulfonamides is 1. The largest absolute Gasteiger partial charge is 0.316 e. The Bertz CT molecular complexity index is 705. The lowest BCUT2D eigenvalue weighted by molar-refractivity contribution is 0.574. The molecule has 21 heavy (non-hydrogen) atoms. The molecule has 7 heteroatoms. The van der Waals surface area contributed by atoms with E-state index in [1.54, 1.807) is 31.6 Å². The maximum atomic E-state index is 13.4. The number of nitrogens with zero attached hydrogens (tertiary/aromatic N) is 1. The Labute approximate surface area is 123 Å². The Morgan fingerprint density at radius 3 is 2.71 bits per heavy atom. The lowest BCUT2D eigenvalue weighted by Gasteiger charge is -2.11. The summed E-state index contributed by atoms with van der Waals surface area (Å²) < 4.78 is 40.5. The fraction of sp³-hybridized carbons (Fsp3) is 0.214. The fourth-order valence-electron chi connectivity index (χ4n) is 1.87. The van der Waals surface area contributed by atoms with Crippen LogP contribution in [0.25, 0.3) is 0 Å². The van der Waals surface area contributed by atoms with Crippen LogP contribution in [0.15, 0.2) is 47.6 Å². The van der Waals surface area contributed by atoms with E-state index in [9.17, 15) is 12.8 Å². The highest BCUT2D eigenvalue weighted by Gasteiger charge is 2.18. The van der Waals surface area contributed by atoms with Crippen LogP contribution in [0.5, 0.6) is 0 Å². The van der Waals surface area contributed by atoms with Gasteiger partial charge in [0.15, 0.2) is 0 Å². The van der Waals surface area contributed by atoms with E-state index in [0.29, 0.717) is 12.1 Å². The predicted octanol–water partition coefficient (Wildman–Crippen LogP) is 1.42. The Morgan fingerprint density at radius 2 is 2.05 bits per heavy atom. The molecule has 0 radical (unpaired) electrons. The summed E-state index contributed by atoms with van der Waals surface area (Å²) in [6.45, 7) is 0.440. The number of halogens is 1. The van der Waals surface area contributed by atoms with Crippen molar-refractivity contribution >= 4 is 10.0 Å². The van der Waals surface area contributed by atoms with Crippen molar-refractivity contribution in [2.45, 2.75) is 18.0 Å². The van der Waals surface area contributed by atoms with Crippen molar-refractivity contribution in [3.63, 3.8) is 0 Å². The molecule has 1 heterocycles. The van der Waals surface area contributed by atoms with Crippen LogP contribution in [0.4, 0.5) is 4.39 Å². The van der Waals surface area contributed by atoms with E-state index in [1.807, 2.05) is 0 Å². The molecule has 0 spiro atoms. The number of hydrogen-bond donors (Lipinski definition) is 2. The molecule has 1 aromatic carbocycles. The summed E-state index contributed by atoms with van der Waals surface area (Å²) in [5.41, 5.74) is 1.24. The molecule has 0 atom stereocenters. The SMILES string of the molecule is CNCc1ccc(F)cc1S(=O)(=O)NCc1cccnc1. The number of hydrogen-bond acceptors (Lipinski definition) is 4. The zero-order valence-corrected chi connectivity index (χ0v) is 12.3. The van der Waals surface area contributed by atoms with Crippen molar-refractivity contribution < 1.29 is 12.8 Å². The van der Waals surface area contributed by atoms with E-state index in [4.69, 9.17) is 0 Å². The average molecular weight is 309 g/mol. The summed E-state index contributed by atoms with van der Waals surface area (Å²) in [5, 5.41) is 2.87. The lowest BCUT2D eigenvalue weighted by Crippen LogP contribution is -2.25. The molecule has 0 amide bonds. The molecule has 112 valence electrons. The molecule has 2 rings (SSSR count). The Hall–Kier alpha value is -1.83. The van der Waals surface area contributed by atoms with Crippen LogP contribution in [0.3, 0.4) is 0 Å². The van der Waals surface area contributed by atoms with Gasteiger partial charge in [-0.25, -0.2) is 17.5 Å². The smallest absolute Gasteiger partial charge is 0.241 e. The highest BCUT2D eigenvalue weighted by Crippen LogP contribution is 2.17. The molecular formula is C14H16FN3O2S. The molecule has 0 bridgehead atoms. The average Bonchev–Trinajstić information content (AvgIpc) is 2.48. The molecule has 2 aromatic rings. The van der Waals surface area contributed by atoms with Crippen molar-refractivity contribution in [2.24, 2.45) is 0 Å². The molecule has 0 unspecified atom stereocenters. The minimum Gasteiger partial charge on any atom is -0.316 e. The minimum atomic E-state index is -3.79. The van der Waals surface area contributed by atoms with Gasteiger partial charge in [0, 0.05) is 25.5 Å². The first-order valence-corrected chi connectivity index (χ1v) is 7.83. The van der Waals surface area contributed by atoms with Gasteiger partial charge in [0.2, 0.25) is 10.0 Å². The van der Waals surface area contributed by atoms with Crippen molar-refractivity contribution in [2.75, 3.05) is 7.05 Å². The summed E-state index contributed by atoms with van der Waals surface area (Å²) in [4.78, 5) is 3.86. The van der Waals surface area contributed by atoms with Crippen LogP contribution in [0.2, 0.25) is 0 Å². The number of nitrogens with one attached hydrogen (secondary N) is 2. The van der Waals surface area contributed by atoms with Crippen molar-refractivity contribution in [1.82, 2.24) is 15.0 Å². The Morgan fingerprint density at radius 1 is 1.24 bits per heavy atom. The van der Waals surface area contributed by atoms with Crippen LogP contribution < -0.4 is 10.0 Å². The zero-order chi connectivity index (χ0) is 15.3. The Balaban J connectivity index is 2.24. The van der Waals surface area contributed by atoms with Gasteiger partial charge >= 0.3 is 0 Å². The number of rotatable bonds is 6. The molecule has 2 N–H and O–H groups in total. The maximum absolute atomic E-state index is 13.4. The second-order valence-corrected chi connectivity index (χ2v) is 6.20. The second kappa shape index (κ2) is 6.75. The van der Waals surface area contributed by atoms with Gasteiger partial charge in [0.25, 0.3) is 0 Å². The van der Waals surface area contributed by atoms with Crippen LogP contribution in [0, 0.1) is 5.82 Å². The number of aromatic nitrogens is 1. The molecule has 1 aromatic heterocycles. The lowest BCUT2D eigenvalue weighted by atomic mass is 10.2. The molecule has 0 aliphatic heterocycles. The zero-order valence-electron chi connectivity index (χ0n) is 11.5. The summed E-state index contributed by atoms with van der Waals surface area (Å²) in [6.07, 6.45) is 3.18. The van der Waals surface area contributed by atoms with Gasteiger partial charge in [-0.3, -0.25) is 4.98 Å². The Kier molecular flexibility index (Phi) is 5.00. The number of pyridine rings is 1. The maximum Gasteiger partial charge on any atom is 0.241 e. The van der Waals surface area contributed by atoms with Gasteiger partial charge in [-0.15, -0.1) is 0 Å². The molecule has 0 saturated carbocycles. The molecule has 0 fully saturated rings. The monoisotopic (exact) mass is 309 g/mol. The molecular weight excluding hydrogens is 293 g/mol. The molecule has 0 saturated heterocycles. The topological polar surface area (TPSA) is 71.1 Å². The van der Waals surface area contributed by atoms with Gasteiger partial charge < -0.3 is 5.32 Å². The standard InChI is InChI=1S/C14H16FN3O2S/c1-16-10-12-4-5-13(15)7-14(12)21(19,20)18-9-11-3-2-6-17-8-11/h2-8,16,18H,9-10H2,1H3. The first kappa shape index (κ1) is 15.6. The second-order valence-electron chi connectivity index (χ2n) is 4.47. The highest BCUT2D eigenvalue weighted by molar-refractivity contribution is 7.89. The summed E-state index contributed by atoms with van der Waals surface area (Å²) >= 11 is 0. The third-order valence-electron chi connectivity index (χ3n) is 2.88. The van der Waals surface area contributed by atoms with Crippen molar-refractivity contribution in [1.29, 1.82) is 0 Å². The van der Waals surface area contributed by atoms with Gasteiger partial charge in [0.05, 0.1) is 4.90 Å². The van der Waals surface area contributed by atoms with Gasteiger partial charge in [-0.2, -0.15) is 0 Å². The predicted molar refractivity (Wildman–Crippen MR) is 77.4 cm³/mol. The van der Waals surface area contributed by atoms with E-state index < -0.39 is 15.8 Å². The third kappa shape index (κ3) is 4.07. The summed E-state index contributed by atoms with van der Waals surface area (Å²) in [6, 6.07) is 7.21. The fourth-order valence-corrected chi connectivity index (χ4v) is 3.14. The normalized spacial score (nSPS) is 11.5. The highest BCUT2D eigenvalue weighted by atomic mass is 32.2. The van der Waals surface area contributed by atoms with Crippen molar-refractivity contribution in [3.8, 4) is 0 Å². The summed E-state index contributed by atoms with van der Waals surface area (Å²) in [7, 11) is -2.09. The van der Waals surface area contributed by atoms with Crippen LogP contribution in [-0.2, 0) is 23.1 Å².